The van der Waals surface area contributed by atoms with E-state index in [-0.39, 0.29) is 23.8 Å². The lowest BCUT2D eigenvalue weighted by molar-refractivity contribution is -0.139. The highest BCUT2D eigenvalue weighted by Gasteiger charge is 2.29. The molecule has 41 heavy (non-hydrogen) atoms. The van der Waals surface area contributed by atoms with Crippen LogP contribution in [-0.4, -0.2) is 62.2 Å². The first-order valence-electron chi connectivity index (χ1n) is 12.9. The topological polar surface area (TPSA) is 201 Å². The molecular weight excluding hydrogens is 582 g/mol. The van der Waals surface area contributed by atoms with Crippen molar-refractivity contribution in [1.82, 2.24) is 10.4 Å². The van der Waals surface area contributed by atoms with Gasteiger partial charge < -0.3 is 18.7 Å². The van der Waals surface area contributed by atoms with Gasteiger partial charge in [0.2, 0.25) is 0 Å². The Bertz CT molecular complexity index is 1280. The molecule has 14 nitrogen and oxygen atoms in total. The van der Waals surface area contributed by atoms with Crippen molar-refractivity contribution in [3.63, 3.8) is 0 Å². The number of rotatable bonds is 8. The minimum atomic E-state index is -5.26. The summed E-state index contributed by atoms with van der Waals surface area (Å²) in [6, 6.07) is 1.82. The van der Waals surface area contributed by atoms with Crippen molar-refractivity contribution in [3.05, 3.63) is 53.3 Å². The maximum Gasteiger partial charge on any atom is 0.524 e. The zero-order valence-corrected chi connectivity index (χ0v) is 24.2. The second kappa shape index (κ2) is 14.8. The Morgan fingerprint density at radius 3 is 2.39 bits per heavy atom. The molecule has 1 saturated heterocycles. The number of nitrogens with zero attached hydrogens (tertiary/aromatic N) is 1. The van der Waals surface area contributed by atoms with Crippen LogP contribution >= 0.6 is 15.6 Å². The lowest BCUT2D eigenvalue weighted by atomic mass is 10.0. The monoisotopic (exact) mass is 616 g/mol. The van der Waals surface area contributed by atoms with Crippen LogP contribution in [0.25, 0.3) is 6.08 Å². The number of hydrogen-bond donors (Lipinski definition) is 5. The molecule has 16 heteroatoms. The minimum absolute atomic E-state index is 0.137. The number of phosphoric acid groups is 2. The molecule has 0 aromatic heterocycles. The number of fused-ring (bicyclic) bond motifs is 1. The molecule has 2 aliphatic rings. The van der Waals surface area contributed by atoms with Crippen LogP contribution in [0.15, 0.2) is 42.1 Å². The fourth-order valence-electron chi connectivity index (χ4n) is 4.13. The summed E-state index contributed by atoms with van der Waals surface area (Å²) in [4.78, 5) is 70.5. The number of carbonyl (C=O) groups excluding carboxylic acids is 2. The molecule has 0 bridgehead atoms. The van der Waals surface area contributed by atoms with Crippen molar-refractivity contribution in [2.45, 2.75) is 51.6 Å². The summed E-state index contributed by atoms with van der Waals surface area (Å²) in [5.41, 5.74) is 2.24. The third kappa shape index (κ3) is 11.4. The Kier molecular flexibility index (Phi) is 11.7. The number of likely N-dealkylation sites (tertiary alicyclic amines) is 1. The number of allylic oxidation sites excluding steroid dienone is 3. The lowest BCUT2D eigenvalue weighted by Crippen LogP contribution is -2.39. The normalized spacial score (nSPS) is 20.2. The molecule has 3 rings (SSSR count). The van der Waals surface area contributed by atoms with E-state index in [1.165, 1.54) is 6.08 Å². The van der Waals surface area contributed by atoms with E-state index >= 15 is 0 Å². The van der Waals surface area contributed by atoms with Gasteiger partial charge in [0.15, 0.2) is 6.61 Å². The fraction of sp³-hybridized carbons (Fsp3) is 0.440. The van der Waals surface area contributed by atoms with Crippen molar-refractivity contribution < 1.29 is 56.9 Å². The van der Waals surface area contributed by atoms with Crippen LogP contribution in [0.1, 0.15) is 61.4 Å². The van der Waals surface area contributed by atoms with Gasteiger partial charge in [0.1, 0.15) is 23.2 Å². The fourth-order valence-corrected chi connectivity index (χ4v) is 4.91. The molecule has 1 fully saturated rings. The highest BCUT2D eigenvalue weighted by Crippen LogP contribution is 2.45. The van der Waals surface area contributed by atoms with E-state index in [4.69, 9.17) is 14.1 Å². The van der Waals surface area contributed by atoms with Gasteiger partial charge in [0.05, 0.1) is 5.70 Å². The summed E-state index contributed by atoms with van der Waals surface area (Å²) in [5, 5.41) is 0. The SMILES string of the molecule is C[C@@H]1CC=CCCC=C/C(NOCC(=O)N2CCCCC2)=C/c2cc(OP(=O)(O)O)cc(OP(=O)(O)O)c2C(=O)O1. The van der Waals surface area contributed by atoms with E-state index in [1.807, 2.05) is 12.2 Å². The molecule has 2 aliphatic heterocycles. The standard InChI is InChI=1S/C25H34N2O12P2/c1-18-10-6-3-2-4-7-11-20(26-36-17-23(28)27-12-8-5-9-13-27)14-19-15-21(38-40(30,31)32)16-22(39-41(33,34)35)24(19)25(29)37-18/h3,6-7,11,14-16,18,26H,2,4-5,8-10,12-13,17H2,1H3,(H2,30,31,32)(H2,33,34,35)/b6-3?,11-7?,20-14-/t18-/m1/s1. The van der Waals surface area contributed by atoms with E-state index in [2.05, 4.69) is 10.0 Å². The number of hydrogen-bond acceptors (Lipinski definition) is 9. The summed E-state index contributed by atoms with van der Waals surface area (Å²) in [5.74, 6) is -2.53. The summed E-state index contributed by atoms with van der Waals surface area (Å²) in [6.45, 7) is 2.60. The summed E-state index contributed by atoms with van der Waals surface area (Å²) >= 11 is 0. The number of amides is 1. The molecule has 0 unspecified atom stereocenters. The molecule has 0 aliphatic carbocycles. The van der Waals surface area contributed by atoms with E-state index in [0.29, 0.717) is 32.4 Å². The number of hydroxylamine groups is 1. The molecule has 226 valence electrons. The van der Waals surface area contributed by atoms with Crippen molar-refractivity contribution in [1.29, 1.82) is 0 Å². The predicted molar refractivity (Wildman–Crippen MR) is 146 cm³/mol. The second-order valence-electron chi connectivity index (χ2n) is 9.38. The van der Waals surface area contributed by atoms with Crippen LogP contribution < -0.4 is 14.5 Å². The third-order valence-corrected chi connectivity index (χ3v) is 6.78. The average Bonchev–Trinajstić information content (AvgIpc) is 2.85. The van der Waals surface area contributed by atoms with Gasteiger partial charge in [-0.25, -0.2) is 13.9 Å². The maximum atomic E-state index is 13.3. The average molecular weight is 616 g/mol. The Balaban J connectivity index is 2.06. The smallest absolute Gasteiger partial charge is 0.459 e. The van der Waals surface area contributed by atoms with Gasteiger partial charge in [-0.2, -0.15) is 0 Å². The number of esters is 1. The largest absolute Gasteiger partial charge is 0.524 e. The summed E-state index contributed by atoms with van der Waals surface area (Å²) in [7, 11) is -10.4. The number of cyclic esters (lactones) is 1. The molecule has 5 N–H and O–H groups in total. The number of benzene rings is 1. The number of ether oxygens (including phenoxy) is 1. The van der Waals surface area contributed by atoms with Gasteiger partial charge in [0, 0.05) is 25.6 Å². The van der Waals surface area contributed by atoms with Gasteiger partial charge >= 0.3 is 21.6 Å². The van der Waals surface area contributed by atoms with Crippen LogP contribution in [0, 0.1) is 0 Å². The van der Waals surface area contributed by atoms with Gasteiger partial charge in [-0.15, -0.1) is 0 Å². The quantitative estimate of drug-likeness (QED) is 0.123. The van der Waals surface area contributed by atoms with Crippen molar-refractivity contribution in [2.24, 2.45) is 0 Å². The van der Waals surface area contributed by atoms with Gasteiger partial charge in [-0.05, 0) is 62.8 Å². The van der Waals surface area contributed by atoms with Crippen molar-refractivity contribution in [2.75, 3.05) is 19.7 Å². The molecule has 0 saturated carbocycles. The Labute approximate surface area is 237 Å². The van der Waals surface area contributed by atoms with Crippen molar-refractivity contribution >= 4 is 33.6 Å². The van der Waals surface area contributed by atoms with Gasteiger partial charge in [-0.1, -0.05) is 18.2 Å². The molecule has 1 aromatic rings. The first kappa shape index (κ1) is 32.6. The number of carbonyl (C=O) groups is 2. The van der Waals surface area contributed by atoms with Crippen LogP contribution in [-0.2, 0) is 23.5 Å². The predicted octanol–water partition coefficient (Wildman–Crippen LogP) is 3.35. The Morgan fingerprint density at radius 1 is 1.02 bits per heavy atom. The number of piperidine rings is 1. The third-order valence-electron chi connectivity index (χ3n) is 5.90. The van der Waals surface area contributed by atoms with E-state index in [1.54, 1.807) is 24.0 Å². The lowest BCUT2D eigenvalue weighted by Gasteiger charge is -2.26. The minimum Gasteiger partial charge on any atom is -0.459 e. The zero-order chi connectivity index (χ0) is 30.0. The molecule has 0 radical (unpaired) electrons. The molecule has 1 amide bonds. The molecule has 0 spiro atoms. The Hall–Kier alpha value is -2.96. The van der Waals surface area contributed by atoms with Gasteiger partial charge in [-0.3, -0.25) is 34.7 Å². The van der Waals surface area contributed by atoms with Crippen LogP contribution in [0.4, 0.5) is 0 Å². The number of phosphoric ester groups is 2. The van der Waals surface area contributed by atoms with Crippen LogP contribution in [0.5, 0.6) is 11.5 Å². The first-order chi connectivity index (χ1) is 19.3. The highest BCUT2D eigenvalue weighted by atomic mass is 31.2. The first-order valence-corrected chi connectivity index (χ1v) is 15.9. The number of nitrogens with one attached hydrogen (secondary N) is 1. The van der Waals surface area contributed by atoms with Crippen LogP contribution in [0.2, 0.25) is 0 Å². The van der Waals surface area contributed by atoms with E-state index < -0.39 is 44.8 Å². The van der Waals surface area contributed by atoms with Crippen molar-refractivity contribution in [3.8, 4) is 11.5 Å². The Morgan fingerprint density at radius 2 is 1.71 bits per heavy atom. The summed E-state index contributed by atoms with van der Waals surface area (Å²) < 4.78 is 38.1. The van der Waals surface area contributed by atoms with Crippen LogP contribution in [0.3, 0.4) is 0 Å². The van der Waals surface area contributed by atoms with Gasteiger partial charge in [0.25, 0.3) is 5.91 Å². The molecular formula is C25H34N2O12P2. The highest BCUT2D eigenvalue weighted by molar-refractivity contribution is 7.47. The summed E-state index contributed by atoms with van der Waals surface area (Å²) in [6.07, 6.45) is 12.3. The molecule has 2 heterocycles. The van der Waals surface area contributed by atoms with E-state index in [0.717, 1.165) is 31.4 Å². The second-order valence-corrected chi connectivity index (χ2v) is 11.7. The maximum absolute atomic E-state index is 13.3. The zero-order valence-electron chi connectivity index (χ0n) is 22.4. The molecule has 1 atom stereocenters. The molecule has 1 aromatic carbocycles. The van der Waals surface area contributed by atoms with E-state index in [9.17, 15) is 38.3 Å².